The second kappa shape index (κ2) is 7.14. The van der Waals surface area contributed by atoms with E-state index in [9.17, 15) is 13.6 Å². The van der Waals surface area contributed by atoms with E-state index < -0.39 is 23.7 Å². The molecular formula is C19H16F2N4O2. The lowest BCUT2D eigenvalue weighted by atomic mass is 10.2. The third-order valence-corrected chi connectivity index (χ3v) is 4.45. The molecule has 27 heavy (non-hydrogen) atoms. The molecule has 138 valence electrons. The van der Waals surface area contributed by atoms with Crippen LogP contribution in [0.15, 0.2) is 53.1 Å². The van der Waals surface area contributed by atoms with E-state index in [-0.39, 0.29) is 5.69 Å². The standard InChI is InChI=1S/C19H16F2N4O2/c20-13-8-9-15(14(21)11-13)22-19(26)25-10-4-7-16(25)18-23-17(24-27-18)12-5-2-1-3-6-12/h1-3,5-6,8-9,11,16H,4,7,10H2,(H,22,26)/t16-/m0/s1. The van der Waals surface area contributed by atoms with Gasteiger partial charge in [0.15, 0.2) is 0 Å². The van der Waals surface area contributed by atoms with Crippen molar-refractivity contribution >= 4 is 11.7 Å². The number of urea groups is 1. The van der Waals surface area contributed by atoms with Crippen LogP contribution in [0, 0.1) is 11.6 Å². The van der Waals surface area contributed by atoms with Crippen LogP contribution >= 0.6 is 0 Å². The lowest BCUT2D eigenvalue weighted by Crippen LogP contribution is -2.34. The van der Waals surface area contributed by atoms with E-state index in [1.165, 1.54) is 11.0 Å². The Labute approximate surface area is 153 Å². The third kappa shape index (κ3) is 3.51. The highest BCUT2D eigenvalue weighted by Gasteiger charge is 2.34. The van der Waals surface area contributed by atoms with Crippen molar-refractivity contribution in [2.24, 2.45) is 0 Å². The molecule has 3 aromatic rings. The summed E-state index contributed by atoms with van der Waals surface area (Å²) in [6, 6.07) is 11.5. The summed E-state index contributed by atoms with van der Waals surface area (Å²) >= 11 is 0. The largest absolute Gasteiger partial charge is 0.337 e. The van der Waals surface area contributed by atoms with E-state index in [4.69, 9.17) is 4.52 Å². The van der Waals surface area contributed by atoms with E-state index in [0.29, 0.717) is 24.7 Å². The molecule has 1 aliphatic heterocycles. The van der Waals surface area contributed by atoms with Gasteiger partial charge in [-0.3, -0.25) is 0 Å². The predicted octanol–water partition coefficient (Wildman–Crippen LogP) is 4.38. The number of benzene rings is 2. The highest BCUT2D eigenvalue weighted by molar-refractivity contribution is 5.89. The van der Waals surface area contributed by atoms with Gasteiger partial charge < -0.3 is 14.7 Å². The van der Waals surface area contributed by atoms with Crippen molar-refractivity contribution in [3.63, 3.8) is 0 Å². The van der Waals surface area contributed by atoms with Crippen LogP contribution in [-0.4, -0.2) is 27.6 Å². The SMILES string of the molecule is O=C(Nc1ccc(F)cc1F)N1CCC[C@H]1c1nc(-c2ccccc2)no1. The Morgan fingerprint density at radius 1 is 1.19 bits per heavy atom. The first kappa shape index (κ1) is 17.1. The van der Waals surface area contributed by atoms with Crippen LogP contribution < -0.4 is 5.32 Å². The number of carbonyl (C=O) groups is 1. The van der Waals surface area contributed by atoms with Crippen molar-refractivity contribution < 1.29 is 18.1 Å². The lowest BCUT2D eigenvalue weighted by molar-refractivity contribution is 0.193. The Bertz CT molecular complexity index is 961. The molecule has 0 unspecified atom stereocenters. The fraction of sp³-hybridized carbons (Fsp3) is 0.211. The molecule has 1 aromatic heterocycles. The summed E-state index contributed by atoms with van der Waals surface area (Å²) in [7, 11) is 0. The number of aromatic nitrogens is 2. The first-order valence-electron chi connectivity index (χ1n) is 8.53. The van der Waals surface area contributed by atoms with Crippen LogP contribution in [-0.2, 0) is 0 Å². The Morgan fingerprint density at radius 3 is 2.78 bits per heavy atom. The maximum absolute atomic E-state index is 13.8. The second-order valence-electron chi connectivity index (χ2n) is 6.23. The minimum absolute atomic E-state index is 0.0810. The van der Waals surface area contributed by atoms with Crippen LogP contribution in [0.25, 0.3) is 11.4 Å². The van der Waals surface area contributed by atoms with Gasteiger partial charge in [-0.1, -0.05) is 35.5 Å². The zero-order chi connectivity index (χ0) is 18.8. The summed E-state index contributed by atoms with van der Waals surface area (Å²) in [5.74, 6) is -0.754. The van der Waals surface area contributed by atoms with Gasteiger partial charge in [0.2, 0.25) is 11.7 Å². The number of nitrogens with one attached hydrogen (secondary N) is 1. The number of anilines is 1. The van der Waals surface area contributed by atoms with Gasteiger partial charge in [0.05, 0.1) is 5.69 Å². The highest BCUT2D eigenvalue weighted by Crippen LogP contribution is 2.32. The van der Waals surface area contributed by atoms with Gasteiger partial charge in [-0.25, -0.2) is 13.6 Å². The Kier molecular flexibility index (Phi) is 4.53. The molecule has 0 aliphatic carbocycles. The number of likely N-dealkylation sites (tertiary alicyclic amines) is 1. The highest BCUT2D eigenvalue weighted by atomic mass is 19.1. The molecule has 1 N–H and O–H groups in total. The number of carbonyl (C=O) groups excluding carboxylic acids is 1. The maximum atomic E-state index is 13.8. The first-order chi connectivity index (χ1) is 13.1. The molecule has 0 spiro atoms. The zero-order valence-electron chi connectivity index (χ0n) is 14.2. The molecule has 4 rings (SSSR count). The van der Waals surface area contributed by atoms with Gasteiger partial charge in [0.25, 0.3) is 0 Å². The fourth-order valence-corrected chi connectivity index (χ4v) is 3.12. The first-order valence-corrected chi connectivity index (χ1v) is 8.53. The van der Waals surface area contributed by atoms with Gasteiger partial charge in [-0.2, -0.15) is 4.98 Å². The van der Waals surface area contributed by atoms with E-state index in [1.54, 1.807) is 0 Å². The van der Waals surface area contributed by atoms with Crippen LogP contribution in [0.3, 0.4) is 0 Å². The molecule has 1 atom stereocenters. The van der Waals surface area contributed by atoms with E-state index in [2.05, 4.69) is 15.5 Å². The molecule has 8 heteroatoms. The minimum atomic E-state index is -0.830. The lowest BCUT2D eigenvalue weighted by Gasteiger charge is -2.22. The van der Waals surface area contributed by atoms with Crippen molar-refractivity contribution in [1.29, 1.82) is 0 Å². The van der Waals surface area contributed by atoms with Crippen molar-refractivity contribution in [2.75, 3.05) is 11.9 Å². The molecule has 1 saturated heterocycles. The van der Waals surface area contributed by atoms with Gasteiger partial charge in [0.1, 0.15) is 17.7 Å². The molecule has 6 nitrogen and oxygen atoms in total. The average Bonchev–Trinajstić information content (AvgIpc) is 3.33. The zero-order valence-corrected chi connectivity index (χ0v) is 14.2. The van der Waals surface area contributed by atoms with Gasteiger partial charge >= 0.3 is 6.03 Å². The molecule has 2 aromatic carbocycles. The molecule has 0 radical (unpaired) electrons. The number of halogens is 2. The van der Waals surface area contributed by atoms with Crippen LogP contribution in [0.1, 0.15) is 24.8 Å². The molecule has 0 bridgehead atoms. The summed E-state index contributed by atoms with van der Waals surface area (Å²) in [5, 5.41) is 6.46. The summed E-state index contributed by atoms with van der Waals surface area (Å²) in [4.78, 5) is 18.5. The molecule has 2 amide bonds. The van der Waals surface area contributed by atoms with Crippen LogP contribution in [0.4, 0.5) is 19.3 Å². The number of amides is 2. The number of rotatable bonds is 3. The van der Waals surface area contributed by atoms with Gasteiger partial charge in [0, 0.05) is 18.2 Å². The smallest absolute Gasteiger partial charge is 0.322 e. The van der Waals surface area contributed by atoms with Crippen molar-refractivity contribution in [1.82, 2.24) is 15.0 Å². The van der Waals surface area contributed by atoms with Crippen LogP contribution in [0.2, 0.25) is 0 Å². The Hall–Kier alpha value is -3.29. The molecule has 2 heterocycles. The van der Waals surface area contributed by atoms with Crippen molar-refractivity contribution in [2.45, 2.75) is 18.9 Å². The van der Waals surface area contributed by atoms with Crippen molar-refractivity contribution in [3.8, 4) is 11.4 Å². The molecule has 0 saturated carbocycles. The summed E-state index contributed by atoms with van der Waals surface area (Å²) in [5.41, 5.74) is 0.734. The maximum Gasteiger partial charge on any atom is 0.322 e. The molecule has 1 aliphatic rings. The third-order valence-electron chi connectivity index (χ3n) is 4.45. The Morgan fingerprint density at radius 2 is 2.00 bits per heavy atom. The quantitative estimate of drug-likeness (QED) is 0.743. The minimum Gasteiger partial charge on any atom is -0.337 e. The fourth-order valence-electron chi connectivity index (χ4n) is 3.12. The van der Waals surface area contributed by atoms with Gasteiger partial charge in [-0.05, 0) is 25.0 Å². The van der Waals surface area contributed by atoms with Crippen molar-refractivity contribution in [3.05, 3.63) is 66.1 Å². The topological polar surface area (TPSA) is 71.3 Å². The predicted molar refractivity (Wildman–Crippen MR) is 93.8 cm³/mol. The van der Waals surface area contributed by atoms with E-state index in [0.717, 1.165) is 24.1 Å². The number of hydrogen-bond acceptors (Lipinski definition) is 4. The number of nitrogens with zero attached hydrogens (tertiary/aromatic N) is 3. The second-order valence-corrected chi connectivity index (χ2v) is 6.23. The van der Waals surface area contributed by atoms with E-state index >= 15 is 0 Å². The molecular weight excluding hydrogens is 354 g/mol. The van der Waals surface area contributed by atoms with Gasteiger partial charge in [-0.15, -0.1) is 0 Å². The summed E-state index contributed by atoms with van der Waals surface area (Å²) < 4.78 is 32.2. The van der Waals surface area contributed by atoms with Crippen LogP contribution in [0.5, 0.6) is 0 Å². The Balaban J connectivity index is 1.52. The average molecular weight is 370 g/mol. The summed E-state index contributed by atoms with van der Waals surface area (Å²) in [6.07, 6.45) is 1.42. The number of hydrogen-bond donors (Lipinski definition) is 1. The molecule has 1 fully saturated rings. The summed E-state index contributed by atoms with van der Waals surface area (Å²) in [6.45, 7) is 0.475. The normalized spacial score (nSPS) is 16.5. The van der Waals surface area contributed by atoms with E-state index in [1.807, 2.05) is 30.3 Å². The monoisotopic (exact) mass is 370 g/mol.